The molecular formula is C9H12F3NO3S. The van der Waals surface area contributed by atoms with Gasteiger partial charge in [-0.15, -0.1) is 0 Å². The van der Waals surface area contributed by atoms with Crippen molar-refractivity contribution in [2.45, 2.75) is 18.3 Å². The molecule has 1 fully saturated rings. The van der Waals surface area contributed by atoms with Crippen LogP contribution in [0.25, 0.3) is 0 Å². The van der Waals surface area contributed by atoms with E-state index in [1.54, 1.807) is 0 Å². The van der Waals surface area contributed by atoms with Crippen molar-refractivity contribution >= 4 is 10.1 Å². The van der Waals surface area contributed by atoms with Gasteiger partial charge in [0.2, 0.25) is 0 Å². The number of nitrogens with zero attached hydrogens (tertiary/aromatic N) is 1. The molecule has 0 saturated carbocycles. The molecule has 0 amide bonds. The fourth-order valence-corrected chi connectivity index (χ4v) is 2.61. The standard InChI is InChI=1S/C9H12F3NO3S/c10-9(11,12)17(14,15)16-8-3-6-13-4-1-7(8)2-5-13/h3,7H,1-2,4-6H2. The Bertz CT molecular complexity index is 421. The van der Waals surface area contributed by atoms with E-state index < -0.39 is 15.6 Å². The summed E-state index contributed by atoms with van der Waals surface area (Å²) in [5.41, 5.74) is -5.36. The largest absolute Gasteiger partial charge is 0.534 e. The predicted molar refractivity (Wildman–Crippen MR) is 53.3 cm³/mol. The van der Waals surface area contributed by atoms with Crippen LogP contribution in [0.15, 0.2) is 11.8 Å². The van der Waals surface area contributed by atoms with Crippen LogP contribution in [-0.2, 0) is 14.3 Å². The van der Waals surface area contributed by atoms with E-state index in [2.05, 4.69) is 4.18 Å². The van der Waals surface area contributed by atoms with Crippen LogP contribution in [0, 0.1) is 5.92 Å². The number of halogens is 3. The Morgan fingerprint density at radius 3 is 2.41 bits per heavy atom. The summed E-state index contributed by atoms with van der Waals surface area (Å²) < 4.78 is 62.6. The zero-order valence-electron chi connectivity index (χ0n) is 8.90. The molecule has 2 bridgehead atoms. The highest BCUT2D eigenvalue weighted by Crippen LogP contribution is 2.33. The maximum atomic E-state index is 12.2. The van der Waals surface area contributed by atoms with E-state index in [-0.39, 0.29) is 11.7 Å². The van der Waals surface area contributed by atoms with Crippen molar-refractivity contribution in [2.24, 2.45) is 5.92 Å². The van der Waals surface area contributed by atoms with Crippen LogP contribution in [0.4, 0.5) is 13.2 Å². The number of allylic oxidation sites excluding steroid dienone is 1. The van der Waals surface area contributed by atoms with Crippen molar-refractivity contribution < 1.29 is 25.8 Å². The molecule has 98 valence electrons. The SMILES string of the molecule is O=S(=O)(OC1=CCN2CCC1CC2)C(F)(F)F. The van der Waals surface area contributed by atoms with Gasteiger partial charge in [-0.1, -0.05) is 0 Å². The number of hydrogen-bond donors (Lipinski definition) is 0. The van der Waals surface area contributed by atoms with E-state index in [1.165, 1.54) is 6.08 Å². The molecule has 3 aliphatic rings. The molecule has 0 N–H and O–H groups in total. The van der Waals surface area contributed by atoms with Crippen LogP contribution in [-0.4, -0.2) is 38.5 Å². The molecule has 3 aliphatic heterocycles. The van der Waals surface area contributed by atoms with Gasteiger partial charge in [-0.05, 0) is 32.0 Å². The first kappa shape index (κ1) is 12.7. The predicted octanol–water partition coefficient (Wildman–Crippen LogP) is 1.46. The van der Waals surface area contributed by atoms with Crippen molar-refractivity contribution in [1.82, 2.24) is 4.90 Å². The Hall–Kier alpha value is -0.760. The van der Waals surface area contributed by atoms with Crippen molar-refractivity contribution in [3.63, 3.8) is 0 Å². The lowest BCUT2D eigenvalue weighted by molar-refractivity contribution is -0.0527. The van der Waals surface area contributed by atoms with Crippen LogP contribution in [0.5, 0.6) is 0 Å². The Balaban J connectivity index is 2.17. The van der Waals surface area contributed by atoms with Crippen LogP contribution in [0.1, 0.15) is 12.8 Å². The third-order valence-corrected chi connectivity index (χ3v) is 4.01. The summed E-state index contributed by atoms with van der Waals surface area (Å²) in [6.07, 6.45) is 2.71. The Morgan fingerprint density at radius 2 is 1.88 bits per heavy atom. The number of hydrogen-bond acceptors (Lipinski definition) is 4. The van der Waals surface area contributed by atoms with Crippen LogP contribution in [0.3, 0.4) is 0 Å². The Morgan fingerprint density at radius 1 is 1.29 bits per heavy atom. The molecule has 0 aromatic carbocycles. The Labute approximate surface area is 97.2 Å². The monoisotopic (exact) mass is 271 g/mol. The number of fused-ring (bicyclic) bond motifs is 3. The normalized spacial score (nSPS) is 29.7. The summed E-state index contributed by atoms with van der Waals surface area (Å²) in [7, 11) is -5.52. The number of rotatable bonds is 2. The van der Waals surface area contributed by atoms with Gasteiger partial charge in [0.1, 0.15) is 5.76 Å². The summed E-state index contributed by atoms with van der Waals surface area (Å²) in [6.45, 7) is 1.97. The topological polar surface area (TPSA) is 46.6 Å². The number of piperidine rings is 1. The van der Waals surface area contributed by atoms with Crippen LogP contribution >= 0.6 is 0 Å². The third-order valence-electron chi connectivity index (χ3n) is 3.03. The number of alkyl halides is 3. The smallest absolute Gasteiger partial charge is 0.381 e. The first-order valence-corrected chi connectivity index (χ1v) is 6.63. The lowest BCUT2D eigenvalue weighted by Crippen LogP contribution is -2.32. The summed E-state index contributed by atoms with van der Waals surface area (Å²) in [5, 5.41) is 0. The highest BCUT2D eigenvalue weighted by atomic mass is 32.2. The summed E-state index contributed by atoms with van der Waals surface area (Å²) in [5.74, 6) is -0.270. The molecule has 0 unspecified atom stereocenters. The van der Waals surface area contributed by atoms with Gasteiger partial charge in [0.15, 0.2) is 0 Å². The van der Waals surface area contributed by atoms with Gasteiger partial charge in [-0.3, -0.25) is 4.90 Å². The van der Waals surface area contributed by atoms with Crippen LogP contribution < -0.4 is 0 Å². The quantitative estimate of drug-likeness (QED) is 0.563. The highest BCUT2D eigenvalue weighted by Gasteiger charge is 2.49. The molecule has 3 heterocycles. The maximum absolute atomic E-state index is 12.2. The van der Waals surface area contributed by atoms with Crippen molar-refractivity contribution in [3.05, 3.63) is 11.8 Å². The van der Waals surface area contributed by atoms with Crippen LogP contribution in [0.2, 0.25) is 0 Å². The van der Waals surface area contributed by atoms with Gasteiger partial charge < -0.3 is 4.18 Å². The average Bonchev–Trinajstić information content (AvgIpc) is 2.50. The zero-order valence-corrected chi connectivity index (χ0v) is 9.72. The first-order chi connectivity index (χ1) is 7.79. The molecular weight excluding hydrogens is 259 g/mol. The highest BCUT2D eigenvalue weighted by molar-refractivity contribution is 7.87. The van der Waals surface area contributed by atoms with E-state index in [9.17, 15) is 21.6 Å². The zero-order chi connectivity index (χ0) is 12.7. The molecule has 0 radical (unpaired) electrons. The summed E-state index contributed by atoms with van der Waals surface area (Å²) >= 11 is 0. The minimum Gasteiger partial charge on any atom is -0.381 e. The molecule has 8 heteroatoms. The summed E-state index contributed by atoms with van der Waals surface area (Å²) in [6, 6.07) is 0. The molecule has 0 spiro atoms. The molecule has 0 atom stereocenters. The molecule has 4 nitrogen and oxygen atoms in total. The van der Waals surface area contributed by atoms with Crippen molar-refractivity contribution in [1.29, 1.82) is 0 Å². The van der Waals surface area contributed by atoms with Crippen molar-refractivity contribution in [2.75, 3.05) is 19.6 Å². The van der Waals surface area contributed by atoms with Gasteiger partial charge in [-0.2, -0.15) is 21.6 Å². The minimum atomic E-state index is -5.52. The average molecular weight is 271 g/mol. The third kappa shape index (κ3) is 2.57. The van der Waals surface area contributed by atoms with Gasteiger partial charge in [0, 0.05) is 12.5 Å². The molecule has 0 aromatic rings. The van der Waals surface area contributed by atoms with E-state index in [1.807, 2.05) is 4.90 Å². The first-order valence-electron chi connectivity index (χ1n) is 5.23. The molecule has 17 heavy (non-hydrogen) atoms. The lowest BCUT2D eigenvalue weighted by atomic mass is 9.97. The van der Waals surface area contributed by atoms with Gasteiger partial charge >= 0.3 is 15.6 Å². The van der Waals surface area contributed by atoms with E-state index in [0.717, 1.165) is 13.1 Å². The fourth-order valence-electron chi connectivity index (χ4n) is 2.06. The second-order valence-corrected chi connectivity index (χ2v) is 5.70. The fraction of sp³-hybridized carbons (Fsp3) is 0.778. The van der Waals surface area contributed by atoms with E-state index in [4.69, 9.17) is 0 Å². The van der Waals surface area contributed by atoms with E-state index >= 15 is 0 Å². The molecule has 1 saturated heterocycles. The molecule has 0 aliphatic carbocycles. The minimum absolute atomic E-state index is 0.0534. The van der Waals surface area contributed by atoms with Gasteiger partial charge in [0.05, 0.1) is 0 Å². The van der Waals surface area contributed by atoms with Gasteiger partial charge in [-0.25, -0.2) is 0 Å². The van der Waals surface area contributed by atoms with E-state index in [0.29, 0.717) is 19.4 Å². The second-order valence-electron chi connectivity index (χ2n) is 4.16. The molecule has 3 rings (SSSR count). The molecule has 0 aromatic heterocycles. The summed E-state index contributed by atoms with van der Waals surface area (Å²) in [4.78, 5) is 2.05. The Kier molecular flexibility index (Phi) is 3.11. The maximum Gasteiger partial charge on any atom is 0.534 e. The van der Waals surface area contributed by atoms with Gasteiger partial charge in [0.25, 0.3) is 0 Å². The lowest BCUT2D eigenvalue weighted by Gasteiger charge is -2.27. The second kappa shape index (κ2) is 4.16. The van der Waals surface area contributed by atoms with Crippen molar-refractivity contribution in [3.8, 4) is 0 Å².